The number of anilines is 1. The van der Waals surface area contributed by atoms with Crippen molar-refractivity contribution in [2.24, 2.45) is 0 Å². The lowest BCUT2D eigenvalue weighted by atomic mass is 9.87. The normalized spacial score (nSPS) is 20.3. The topological polar surface area (TPSA) is 127 Å². The molecule has 15 heteroatoms. The molecule has 2 N–H and O–H groups in total. The number of methoxy groups -OCH3 is 1. The van der Waals surface area contributed by atoms with Crippen LogP contribution in [0, 0.1) is 0 Å². The summed E-state index contributed by atoms with van der Waals surface area (Å²) in [6.07, 6.45) is -6.10. The predicted octanol–water partition coefficient (Wildman–Crippen LogP) is 6.72. The summed E-state index contributed by atoms with van der Waals surface area (Å²) in [5.41, 5.74) is -6.77. The first kappa shape index (κ1) is 36.9. The first-order valence-electron chi connectivity index (χ1n) is 15.1. The number of ether oxygens (including phenoxy) is 3. The van der Waals surface area contributed by atoms with Gasteiger partial charge in [0.25, 0.3) is 0 Å². The second-order valence-corrected chi connectivity index (χ2v) is 16.4. The van der Waals surface area contributed by atoms with Crippen LogP contribution < -0.4 is 19.1 Å². The Labute approximate surface area is 279 Å². The molecule has 1 saturated carbocycles. The molecule has 0 spiro atoms. The van der Waals surface area contributed by atoms with Gasteiger partial charge in [0.05, 0.1) is 52.4 Å². The smallest absolute Gasteiger partial charge is 0.422 e. The fraction of sp³-hybridized carbons (Fsp3) is 0.594. The molecular weight excluding hydrogens is 663 g/mol. The van der Waals surface area contributed by atoms with Crippen molar-refractivity contribution in [1.29, 1.82) is 0 Å². The third-order valence-corrected chi connectivity index (χ3v) is 9.70. The number of hydrogen-bond acceptors (Lipinski definition) is 8. The SMILES string of the molecule is COc1cc(C(=O)CC[C@@](O)(c2cc3c(c(Cl)n2)N(C(=O)OC(C)(C)C)C[C@@]3(C)NS(=O)C(C)(C)C)C(F)(F)F)ccc1OC1CC1. The van der Waals surface area contributed by atoms with Gasteiger partial charge in [-0.2, -0.15) is 13.2 Å². The van der Waals surface area contributed by atoms with Crippen LogP contribution in [-0.2, 0) is 26.9 Å². The average molecular weight is 704 g/mol. The molecule has 0 radical (unpaired) electrons. The number of rotatable bonds is 10. The molecule has 1 aliphatic carbocycles. The summed E-state index contributed by atoms with van der Waals surface area (Å²) >= 11 is 6.51. The maximum absolute atomic E-state index is 14.7. The summed E-state index contributed by atoms with van der Waals surface area (Å²) in [6, 6.07) is 5.32. The first-order chi connectivity index (χ1) is 21.5. The van der Waals surface area contributed by atoms with Crippen LogP contribution in [0.4, 0.5) is 23.7 Å². The van der Waals surface area contributed by atoms with E-state index in [4.69, 9.17) is 25.8 Å². The predicted molar refractivity (Wildman–Crippen MR) is 171 cm³/mol. The van der Waals surface area contributed by atoms with Crippen LogP contribution in [0.15, 0.2) is 24.3 Å². The molecule has 1 aromatic carbocycles. The number of carbonyl (C=O) groups excluding carboxylic acids is 2. The fourth-order valence-electron chi connectivity index (χ4n) is 4.95. The molecule has 1 aromatic heterocycles. The van der Waals surface area contributed by atoms with Gasteiger partial charge >= 0.3 is 12.3 Å². The van der Waals surface area contributed by atoms with Crippen molar-refractivity contribution < 1.29 is 46.3 Å². The Morgan fingerprint density at radius 1 is 1.13 bits per heavy atom. The van der Waals surface area contributed by atoms with Crippen LogP contribution in [-0.4, -0.2) is 62.5 Å². The summed E-state index contributed by atoms with van der Waals surface area (Å²) < 4.78 is 76.2. The van der Waals surface area contributed by atoms with Gasteiger partial charge in [0, 0.05) is 17.5 Å². The Balaban J connectivity index is 1.73. The number of pyridine rings is 1. The molecule has 1 fully saturated rings. The highest BCUT2D eigenvalue weighted by molar-refractivity contribution is 7.84. The fourth-order valence-corrected chi connectivity index (χ4v) is 6.14. The van der Waals surface area contributed by atoms with E-state index in [0.29, 0.717) is 5.75 Å². The van der Waals surface area contributed by atoms with Gasteiger partial charge in [0.2, 0.25) is 5.60 Å². The average Bonchev–Trinajstić information content (AvgIpc) is 3.71. The second-order valence-electron chi connectivity index (χ2n) is 14.0. The van der Waals surface area contributed by atoms with E-state index in [9.17, 15) is 32.1 Å². The van der Waals surface area contributed by atoms with Crippen LogP contribution in [0.1, 0.15) is 95.8 Å². The number of hydrogen-bond donors (Lipinski definition) is 2. The number of aliphatic hydroxyl groups is 1. The number of ketones is 1. The number of amides is 1. The lowest BCUT2D eigenvalue weighted by Crippen LogP contribution is -2.50. The van der Waals surface area contributed by atoms with Crippen LogP contribution in [0.25, 0.3) is 0 Å². The second kappa shape index (κ2) is 12.8. The van der Waals surface area contributed by atoms with Crippen molar-refractivity contribution >= 4 is 40.2 Å². The summed E-state index contributed by atoms with van der Waals surface area (Å²) in [6.45, 7) is 11.4. The summed E-state index contributed by atoms with van der Waals surface area (Å²) in [5, 5.41) is 10.8. The number of Topliss-reactive ketones (excluding diaryl/α,β-unsaturated/α-hetero) is 1. The zero-order chi connectivity index (χ0) is 35.3. The van der Waals surface area contributed by atoms with Gasteiger partial charge in [-0.1, -0.05) is 11.6 Å². The minimum Gasteiger partial charge on any atom is -0.493 e. The van der Waals surface area contributed by atoms with Crippen molar-refractivity contribution in [2.75, 3.05) is 18.6 Å². The molecule has 2 aromatic rings. The van der Waals surface area contributed by atoms with Gasteiger partial charge in [-0.25, -0.2) is 18.7 Å². The van der Waals surface area contributed by atoms with E-state index in [1.165, 1.54) is 25.3 Å². The van der Waals surface area contributed by atoms with Gasteiger partial charge in [0.15, 0.2) is 22.4 Å². The molecule has 0 bridgehead atoms. The van der Waals surface area contributed by atoms with Crippen molar-refractivity contribution in [2.45, 2.75) is 108 Å². The third kappa shape index (κ3) is 8.03. The lowest BCUT2D eigenvalue weighted by molar-refractivity contribution is -0.270. The molecule has 2 aliphatic rings. The minimum absolute atomic E-state index is 0.0425. The van der Waals surface area contributed by atoms with Crippen LogP contribution in [0.5, 0.6) is 11.5 Å². The summed E-state index contributed by atoms with van der Waals surface area (Å²) in [4.78, 5) is 31.4. The summed E-state index contributed by atoms with van der Waals surface area (Å²) in [7, 11) is -0.361. The Hall–Kier alpha value is -2.94. The molecular formula is C32H41ClF3N3O7S. The number of fused-ring (bicyclic) bond motifs is 1. The van der Waals surface area contributed by atoms with E-state index >= 15 is 0 Å². The molecule has 47 heavy (non-hydrogen) atoms. The van der Waals surface area contributed by atoms with E-state index in [0.717, 1.165) is 23.8 Å². The van der Waals surface area contributed by atoms with Crippen LogP contribution in [0.2, 0.25) is 5.15 Å². The number of benzene rings is 1. The number of halogens is 4. The Morgan fingerprint density at radius 2 is 1.77 bits per heavy atom. The number of carbonyl (C=O) groups is 2. The molecule has 2 heterocycles. The summed E-state index contributed by atoms with van der Waals surface area (Å²) in [5.74, 6) is -0.00550. The molecule has 10 nitrogen and oxygen atoms in total. The maximum atomic E-state index is 14.7. The van der Waals surface area contributed by atoms with Crippen molar-refractivity contribution in [3.05, 3.63) is 46.2 Å². The van der Waals surface area contributed by atoms with Gasteiger partial charge in [0.1, 0.15) is 5.60 Å². The van der Waals surface area contributed by atoms with E-state index in [2.05, 4.69) is 9.71 Å². The molecule has 1 aliphatic heterocycles. The molecule has 3 atom stereocenters. The minimum atomic E-state index is -5.29. The Morgan fingerprint density at radius 3 is 2.30 bits per heavy atom. The van der Waals surface area contributed by atoms with Crippen LogP contribution in [0.3, 0.4) is 0 Å². The molecule has 0 saturated heterocycles. The van der Waals surface area contributed by atoms with E-state index in [1.54, 1.807) is 48.5 Å². The maximum Gasteiger partial charge on any atom is 0.422 e. The highest BCUT2D eigenvalue weighted by atomic mass is 35.5. The highest BCUT2D eigenvalue weighted by Crippen LogP contribution is 2.49. The van der Waals surface area contributed by atoms with E-state index < -0.39 is 74.2 Å². The number of alkyl halides is 3. The van der Waals surface area contributed by atoms with Gasteiger partial charge in [-0.3, -0.25) is 9.69 Å². The van der Waals surface area contributed by atoms with Gasteiger partial charge in [-0.05, 0) is 92.0 Å². The largest absolute Gasteiger partial charge is 0.493 e. The monoisotopic (exact) mass is 703 g/mol. The number of aromatic nitrogens is 1. The first-order valence-corrected chi connectivity index (χ1v) is 16.6. The highest BCUT2D eigenvalue weighted by Gasteiger charge is 2.57. The van der Waals surface area contributed by atoms with E-state index in [-0.39, 0.29) is 35.2 Å². The quantitative estimate of drug-likeness (QED) is 0.206. The molecule has 1 amide bonds. The van der Waals surface area contributed by atoms with Crippen LogP contribution >= 0.6 is 11.6 Å². The Kier molecular flexibility index (Phi) is 10.1. The third-order valence-electron chi connectivity index (χ3n) is 7.69. The zero-order valence-electron chi connectivity index (χ0n) is 27.6. The zero-order valence-corrected chi connectivity index (χ0v) is 29.2. The lowest BCUT2D eigenvalue weighted by Gasteiger charge is -2.32. The van der Waals surface area contributed by atoms with Gasteiger partial charge < -0.3 is 19.3 Å². The molecule has 260 valence electrons. The Bertz CT molecular complexity index is 1570. The van der Waals surface area contributed by atoms with Crippen molar-refractivity contribution in [3.63, 3.8) is 0 Å². The number of nitrogens with one attached hydrogen (secondary N) is 1. The van der Waals surface area contributed by atoms with Crippen molar-refractivity contribution in [1.82, 2.24) is 9.71 Å². The number of nitrogens with zero attached hydrogens (tertiary/aromatic N) is 2. The molecule has 1 unspecified atom stereocenters. The molecule has 4 rings (SSSR count). The standard InChI is InChI=1S/C32H41ClF3N3O7S/c1-28(2,3)46-27(41)39-17-30(7,38-47(43)29(4,5)6)20-16-24(37-26(33)25(20)39)31(42,32(34,35)36)14-13-21(40)18-9-12-22(23(15-18)44-8)45-19-10-11-19/h9,12,15-16,19,38,42H,10-11,13-14,17H2,1-8H3/t30-,31-,47?/m1/s1. The van der Waals surface area contributed by atoms with E-state index in [1.807, 2.05) is 0 Å². The van der Waals surface area contributed by atoms with Gasteiger partial charge in [-0.15, -0.1) is 0 Å². The van der Waals surface area contributed by atoms with Crippen molar-refractivity contribution in [3.8, 4) is 11.5 Å².